The predicted molar refractivity (Wildman–Crippen MR) is 123 cm³/mol. The Kier molecular flexibility index (Phi) is 6.18. The normalized spacial score (nSPS) is 12.6. The van der Waals surface area contributed by atoms with Crippen LogP contribution < -0.4 is 5.01 Å². The van der Waals surface area contributed by atoms with Crippen LogP contribution >= 0.6 is 0 Å². The highest BCUT2D eigenvalue weighted by molar-refractivity contribution is 6.05. The summed E-state index contributed by atoms with van der Waals surface area (Å²) in [7, 11) is 0. The molecule has 0 aliphatic rings. The Bertz CT molecular complexity index is 908. The van der Waals surface area contributed by atoms with Gasteiger partial charge in [0, 0.05) is 5.56 Å². The molecule has 0 atom stereocenters. The van der Waals surface area contributed by atoms with E-state index in [1.807, 2.05) is 53.7 Å². The van der Waals surface area contributed by atoms with Gasteiger partial charge in [0.25, 0.3) is 0 Å². The van der Waals surface area contributed by atoms with Gasteiger partial charge in [-0.2, -0.15) is 0 Å². The van der Waals surface area contributed by atoms with Gasteiger partial charge < -0.3 is 0 Å². The van der Waals surface area contributed by atoms with E-state index < -0.39 is 21.8 Å². The largest absolute Gasteiger partial charge is 0.319 e. The first-order valence-electron chi connectivity index (χ1n) is 10.3. The minimum atomic E-state index is -0.639. The molecule has 0 aliphatic heterocycles. The van der Waals surface area contributed by atoms with Crippen LogP contribution in [0.15, 0.2) is 42.5 Å². The van der Waals surface area contributed by atoms with E-state index in [1.165, 1.54) is 0 Å². The molecular weight excluding hydrogens is 376 g/mol. The van der Waals surface area contributed by atoms with E-state index in [9.17, 15) is 14.9 Å². The molecule has 0 aromatic heterocycles. The van der Waals surface area contributed by atoms with E-state index >= 15 is 0 Å². The molecule has 162 valence electrons. The van der Waals surface area contributed by atoms with Crippen molar-refractivity contribution in [1.82, 2.24) is 0 Å². The Hall–Kier alpha value is -2.69. The summed E-state index contributed by atoms with van der Waals surface area (Å²) in [5, 5.41) is 12.4. The van der Waals surface area contributed by atoms with Gasteiger partial charge in [-0.3, -0.25) is 4.79 Å². The Balaban J connectivity index is 2.96. The molecule has 2 rings (SSSR count). The third-order valence-corrected chi connectivity index (χ3v) is 5.18. The van der Waals surface area contributed by atoms with E-state index in [-0.39, 0.29) is 11.0 Å². The first kappa shape index (κ1) is 23.6. The number of rotatable bonds is 3. The summed E-state index contributed by atoms with van der Waals surface area (Å²) in [6.07, 6.45) is 0. The number of carbonyl (C=O) groups is 1. The minimum absolute atomic E-state index is 0.137. The summed E-state index contributed by atoms with van der Waals surface area (Å²) in [4.78, 5) is 25.6. The predicted octanol–water partition coefficient (Wildman–Crippen LogP) is 6.42. The van der Waals surface area contributed by atoms with Crippen molar-refractivity contribution in [3.8, 4) is 0 Å². The van der Waals surface area contributed by atoms with E-state index in [2.05, 4.69) is 20.8 Å². The van der Waals surface area contributed by atoms with Crippen LogP contribution in [0.4, 0.5) is 5.69 Å². The highest BCUT2D eigenvalue weighted by Gasteiger charge is 2.39. The van der Waals surface area contributed by atoms with Crippen molar-refractivity contribution in [1.29, 1.82) is 0 Å². The number of benzene rings is 2. The second kappa shape index (κ2) is 7.86. The Morgan fingerprint density at radius 1 is 0.800 bits per heavy atom. The van der Waals surface area contributed by atoms with Gasteiger partial charge in [0.15, 0.2) is 5.03 Å². The number of nitrogens with zero attached hydrogens (tertiary/aromatic N) is 2. The van der Waals surface area contributed by atoms with Crippen LogP contribution in [-0.4, -0.2) is 10.9 Å². The van der Waals surface area contributed by atoms with Crippen molar-refractivity contribution < 1.29 is 9.83 Å². The van der Waals surface area contributed by atoms with Crippen LogP contribution in [0.25, 0.3) is 0 Å². The van der Waals surface area contributed by atoms with Gasteiger partial charge in [-0.05, 0) is 50.1 Å². The van der Waals surface area contributed by atoms with Crippen molar-refractivity contribution in [3.63, 3.8) is 0 Å². The molecule has 0 N–H and O–H groups in total. The molecule has 0 saturated heterocycles. The van der Waals surface area contributed by atoms with Crippen molar-refractivity contribution in [3.05, 3.63) is 74.8 Å². The number of anilines is 1. The van der Waals surface area contributed by atoms with Crippen molar-refractivity contribution in [2.75, 3.05) is 5.01 Å². The maximum Gasteiger partial charge on any atom is 0.319 e. The molecule has 0 heterocycles. The van der Waals surface area contributed by atoms with Gasteiger partial charge in [-0.1, -0.05) is 92.6 Å². The molecule has 2 aromatic carbocycles. The van der Waals surface area contributed by atoms with Gasteiger partial charge in [-0.25, -0.2) is 10.1 Å². The van der Waals surface area contributed by atoms with E-state index in [0.717, 1.165) is 21.7 Å². The SMILES string of the molecule is CC(C)(C)c1cc(C(C)(C)C)c(N(C(=O)c2ccccc2)[N+](=O)[O-])c(C(C)(C)C)c1. The molecule has 0 spiro atoms. The molecule has 5 heteroatoms. The second-order valence-corrected chi connectivity index (χ2v) is 10.9. The van der Waals surface area contributed by atoms with Gasteiger partial charge in [0.2, 0.25) is 0 Å². The second-order valence-electron chi connectivity index (χ2n) is 10.9. The van der Waals surface area contributed by atoms with Crippen molar-refractivity contribution in [2.45, 2.75) is 78.6 Å². The third kappa shape index (κ3) is 4.89. The molecule has 0 bridgehead atoms. The molecule has 0 radical (unpaired) electrons. The lowest BCUT2D eigenvalue weighted by Crippen LogP contribution is -2.40. The van der Waals surface area contributed by atoms with E-state index in [1.54, 1.807) is 30.3 Å². The van der Waals surface area contributed by atoms with Gasteiger partial charge in [0.05, 0.1) is 0 Å². The lowest BCUT2D eigenvalue weighted by atomic mass is 9.74. The highest BCUT2D eigenvalue weighted by atomic mass is 16.7. The van der Waals surface area contributed by atoms with E-state index in [4.69, 9.17) is 0 Å². The molecule has 5 nitrogen and oxygen atoms in total. The number of nitro groups is 1. The first-order chi connectivity index (χ1) is 13.5. The Labute approximate surface area is 180 Å². The van der Waals surface area contributed by atoms with Gasteiger partial charge >= 0.3 is 5.91 Å². The molecule has 1 amide bonds. The fraction of sp³-hybridized carbons (Fsp3) is 0.480. The molecule has 0 fully saturated rings. The van der Waals surface area contributed by atoms with Gasteiger partial charge in [-0.15, -0.1) is 0 Å². The van der Waals surface area contributed by atoms with Crippen LogP contribution in [0.3, 0.4) is 0 Å². The first-order valence-corrected chi connectivity index (χ1v) is 10.3. The van der Waals surface area contributed by atoms with Crippen LogP contribution in [0.1, 0.15) is 89.4 Å². The molecule has 30 heavy (non-hydrogen) atoms. The Morgan fingerprint density at radius 2 is 1.23 bits per heavy atom. The molecular formula is C25H34N2O3. The average molecular weight is 411 g/mol. The average Bonchev–Trinajstić information content (AvgIpc) is 2.59. The maximum absolute atomic E-state index is 13.3. The summed E-state index contributed by atoms with van der Waals surface area (Å²) in [6, 6.07) is 12.5. The van der Waals surface area contributed by atoms with Crippen LogP contribution in [0.2, 0.25) is 0 Å². The summed E-state index contributed by atoms with van der Waals surface area (Å²) in [5.41, 5.74) is 2.40. The zero-order valence-electron chi connectivity index (χ0n) is 19.7. The molecule has 0 unspecified atom stereocenters. The van der Waals surface area contributed by atoms with Gasteiger partial charge in [0.1, 0.15) is 5.69 Å². The fourth-order valence-corrected chi connectivity index (χ4v) is 3.40. The lowest BCUT2D eigenvalue weighted by molar-refractivity contribution is -0.481. The number of hydrogen-bond donors (Lipinski definition) is 0. The lowest BCUT2D eigenvalue weighted by Gasteiger charge is -2.34. The zero-order valence-corrected chi connectivity index (χ0v) is 19.7. The Morgan fingerprint density at radius 3 is 1.57 bits per heavy atom. The number of carbonyl (C=O) groups excluding carboxylic acids is 1. The summed E-state index contributed by atoms with van der Waals surface area (Å²) < 4.78 is 0. The molecule has 0 aliphatic carbocycles. The minimum Gasteiger partial charge on any atom is -0.262 e. The van der Waals surface area contributed by atoms with Crippen molar-refractivity contribution >= 4 is 11.6 Å². The maximum atomic E-state index is 13.3. The quantitative estimate of drug-likeness (QED) is 0.433. The number of amides is 1. The number of hydrogen-bond acceptors (Lipinski definition) is 3. The van der Waals surface area contributed by atoms with Crippen LogP contribution in [-0.2, 0) is 16.2 Å². The summed E-state index contributed by atoms with van der Waals surface area (Å²) >= 11 is 0. The summed E-state index contributed by atoms with van der Waals surface area (Å²) in [5.74, 6) is -0.639. The van der Waals surface area contributed by atoms with Crippen LogP contribution in [0.5, 0.6) is 0 Å². The van der Waals surface area contributed by atoms with Crippen LogP contribution in [0, 0.1) is 10.1 Å². The topological polar surface area (TPSA) is 63.5 Å². The van der Waals surface area contributed by atoms with Crippen molar-refractivity contribution in [2.24, 2.45) is 0 Å². The molecule has 2 aromatic rings. The van der Waals surface area contributed by atoms with E-state index in [0.29, 0.717) is 5.69 Å². The zero-order chi connectivity index (χ0) is 23.1. The third-order valence-electron chi connectivity index (χ3n) is 5.18. The monoisotopic (exact) mass is 410 g/mol. The fourth-order valence-electron chi connectivity index (χ4n) is 3.40. The standard InChI is InChI=1S/C25H34N2O3/c1-23(2,3)18-15-19(24(4,5)6)21(20(16-18)25(7,8)9)26(27(29)30)22(28)17-13-11-10-12-14-17/h10-16H,1-9H3. The smallest absolute Gasteiger partial charge is 0.262 e. The molecule has 0 saturated carbocycles. The number of hydrazine groups is 1. The summed E-state index contributed by atoms with van der Waals surface area (Å²) in [6.45, 7) is 18.5. The highest BCUT2D eigenvalue weighted by Crippen LogP contribution is 2.43.